The van der Waals surface area contributed by atoms with Crippen molar-refractivity contribution in [2.75, 3.05) is 18.4 Å². The van der Waals surface area contributed by atoms with Crippen molar-refractivity contribution >= 4 is 17.9 Å². The molecule has 8 nitrogen and oxygen atoms in total. The summed E-state index contributed by atoms with van der Waals surface area (Å²) in [6.45, 7) is 6.35. The van der Waals surface area contributed by atoms with Crippen molar-refractivity contribution in [3.8, 4) is 0 Å². The van der Waals surface area contributed by atoms with Crippen LogP contribution in [0.5, 0.6) is 0 Å². The molecule has 22 heavy (non-hydrogen) atoms. The molecule has 0 bridgehead atoms. The molecule has 1 aromatic rings. The Morgan fingerprint density at radius 2 is 1.95 bits per heavy atom. The quantitative estimate of drug-likeness (QED) is 0.529. The van der Waals surface area contributed by atoms with Gasteiger partial charge in [0.25, 0.3) is 5.56 Å². The molecular formula is C14H22N5O3. The van der Waals surface area contributed by atoms with Crippen LogP contribution in [0.1, 0.15) is 31.4 Å². The highest BCUT2D eigenvalue weighted by molar-refractivity contribution is 5.87. The van der Waals surface area contributed by atoms with Crippen LogP contribution in [-0.2, 0) is 4.79 Å². The summed E-state index contributed by atoms with van der Waals surface area (Å²) in [5.74, 6) is 0.109. The molecule has 0 saturated heterocycles. The van der Waals surface area contributed by atoms with E-state index in [9.17, 15) is 14.4 Å². The van der Waals surface area contributed by atoms with E-state index in [2.05, 4.69) is 32.8 Å². The van der Waals surface area contributed by atoms with Gasteiger partial charge in [0.15, 0.2) is 0 Å². The Bertz CT molecular complexity index is 556. The third kappa shape index (κ3) is 7.41. The maximum absolute atomic E-state index is 11.6. The van der Waals surface area contributed by atoms with Crippen LogP contribution in [0.25, 0.3) is 0 Å². The Hall–Kier alpha value is -2.38. The van der Waals surface area contributed by atoms with Gasteiger partial charge in [-0.05, 0) is 26.2 Å². The molecule has 0 unspecified atom stereocenters. The Morgan fingerprint density at radius 3 is 2.59 bits per heavy atom. The van der Waals surface area contributed by atoms with E-state index in [1.165, 1.54) is 6.07 Å². The molecule has 0 aliphatic heterocycles. The van der Waals surface area contributed by atoms with E-state index in [1.54, 1.807) is 6.92 Å². The van der Waals surface area contributed by atoms with Crippen LogP contribution in [0.2, 0.25) is 0 Å². The normalized spacial score (nSPS) is 10.1. The molecule has 121 valence electrons. The summed E-state index contributed by atoms with van der Waals surface area (Å²) in [6.07, 6.45) is 2.52. The number of aromatic amines is 1. The standard InChI is InChI=1S/C14H22N5O3/c1-3-6-11(20)15-7-4-5-8-16-14(22)19-13-17-10(2)9-12(21)18-13/h9H,1,3-8H2,2H3,(H,15,20)(H3,16,17,18,19,21,22). The number of carbonyl (C=O) groups excluding carboxylic acids is 2. The number of aromatic nitrogens is 2. The molecular weight excluding hydrogens is 286 g/mol. The number of aryl methyl sites for hydroxylation is 1. The van der Waals surface area contributed by atoms with E-state index in [0.29, 0.717) is 31.6 Å². The van der Waals surface area contributed by atoms with Crippen LogP contribution in [-0.4, -0.2) is 35.0 Å². The zero-order chi connectivity index (χ0) is 16.4. The molecule has 1 radical (unpaired) electrons. The summed E-state index contributed by atoms with van der Waals surface area (Å²) in [5, 5.41) is 7.87. The zero-order valence-electron chi connectivity index (χ0n) is 12.7. The molecule has 0 spiro atoms. The van der Waals surface area contributed by atoms with Crippen LogP contribution in [0.3, 0.4) is 0 Å². The van der Waals surface area contributed by atoms with Crippen molar-refractivity contribution in [2.24, 2.45) is 0 Å². The highest BCUT2D eigenvalue weighted by Gasteiger charge is 2.04. The number of nitrogens with one attached hydrogen (secondary N) is 4. The van der Waals surface area contributed by atoms with Gasteiger partial charge in [-0.2, -0.15) is 4.98 Å². The monoisotopic (exact) mass is 308 g/mol. The summed E-state index contributed by atoms with van der Waals surface area (Å²) in [6, 6.07) is 0.904. The van der Waals surface area contributed by atoms with Gasteiger partial charge in [0.1, 0.15) is 0 Å². The molecule has 0 fully saturated rings. The number of nitrogens with zero attached hydrogens (tertiary/aromatic N) is 1. The Kier molecular flexibility index (Phi) is 7.66. The smallest absolute Gasteiger partial charge is 0.321 e. The van der Waals surface area contributed by atoms with E-state index in [-0.39, 0.29) is 11.9 Å². The minimum atomic E-state index is -0.435. The molecule has 0 aliphatic carbocycles. The van der Waals surface area contributed by atoms with Gasteiger partial charge in [-0.15, -0.1) is 0 Å². The highest BCUT2D eigenvalue weighted by atomic mass is 16.2. The van der Waals surface area contributed by atoms with Gasteiger partial charge < -0.3 is 15.6 Å². The zero-order valence-corrected chi connectivity index (χ0v) is 12.7. The summed E-state index contributed by atoms with van der Waals surface area (Å²) < 4.78 is 0. The average molecular weight is 308 g/mol. The molecule has 8 heteroatoms. The summed E-state index contributed by atoms with van der Waals surface area (Å²) in [5.41, 5.74) is 0.206. The van der Waals surface area contributed by atoms with E-state index < -0.39 is 11.6 Å². The molecule has 1 aromatic heterocycles. The number of amides is 3. The lowest BCUT2D eigenvalue weighted by atomic mass is 10.3. The lowest BCUT2D eigenvalue weighted by molar-refractivity contribution is -0.121. The molecule has 0 atom stereocenters. The van der Waals surface area contributed by atoms with Crippen molar-refractivity contribution in [2.45, 2.75) is 32.6 Å². The van der Waals surface area contributed by atoms with E-state index >= 15 is 0 Å². The predicted molar refractivity (Wildman–Crippen MR) is 83.5 cm³/mol. The lowest BCUT2D eigenvalue weighted by Gasteiger charge is -2.07. The largest absolute Gasteiger partial charge is 0.356 e. The lowest BCUT2D eigenvalue weighted by Crippen LogP contribution is -2.31. The molecule has 4 N–H and O–H groups in total. The van der Waals surface area contributed by atoms with Crippen LogP contribution in [0, 0.1) is 13.8 Å². The second kappa shape index (κ2) is 9.54. The van der Waals surface area contributed by atoms with E-state index in [4.69, 9.17) is 0 Å². The fourth-order valence-electron chi connectivity index (χ4n) is 1.72. The second-order valence-corrected chi connectivity index (χ2v) is 4.79. The van der Waals surface area contributed by atoms with Gasteiger partial charge in [0, 0.05) is 31.3 Å². The van der Waals surface area contributed by atoms with Crippen molar-refractivity contribution in [1.82, 2.24) is 20.6 Å². The van der Waals surface area contributed by atoms with E-state index in [0.717, 1.165) is 12.8 Å². The number of hydrogen-bond acceptors (Lipinski definition) is 4. The van der Waals surface area contributed by atoms with Crippen LogP contribution < -0.4 is 21.5 Å². The highest BCUT2D eigenvalue weighted by Crippen LogP contribution is 1.95. The fraction of sp³-hybridized carbons (Fsp3) is 0.500. The Labute approximate surface area is 129 Å². The first-order valence-corrected chi connectivity index (χ1v) is 7.20. The molecule has 1 rings (SSSR count). The number of hydrogen-bond donors (Lipinski definition) is 4. The maximum atomic E-state index is 11.6. The van der Waals surface area contributed by atoms with Crippen LogP contribution in [0.15, 0.2) is 10.9 Å². The van der Waals surface area contributed by atoms with Crippen molar-refractivity contribution < 1.29 is 9.59 Å². The number of anilines is 1. The topological polar surface area (TPSA) is 116 Å². The fourth-order valence-corrected chi connectivity index (χ4v) is 1.72. The van der Waals surface area contributed by atoms with Crippen LogP contribution in [0.4, 0.5) is 10.7 Å². The molecule has 0 aromatic carbocycles. The van der Waals surface area contributed by atoms with Crippen molar-refractivity contribution in [3.05, 3.63) is 29.0 Å². The molecule has 0 aliphatic rings. The number of unbranched alkanes of at least 4 members (excludes halogenated alkanes) is 1. The van der Waals surface area contributed by atoms with E-state index in [1.807, 2.05) is 0 Å². The van der Waals surface area contributed by atoms with Crippen molar-refractivity contribution in [1.29, 1.82) is 0 Å². The first kappa shape index (κ1) is 17.7. The van der Waals surface area contributed by atoms with Crippen LogP contribution >= 0.6 is 0 Å². The van der Waals surface area contributed by atoms with Gasteiger partial charge in [0.05, 0.1) is 0 Å². The number of H-pyrrole nitrogens is 1. The summed E-state index contributed by atoms with van der Waals surface area (Å²) in [4.78, 5) is 40.4. The maximum Gasteiger partial charge on any atom is 0.321 e. The average Bonchev–Trinajstić information content (AvgIpc) is 2.41. The third-order valence-electron chi connectivity index (χ3n) is 2.72. The minimum absolute atomic E-state index is 0.00446. The number of rotatable bonds is 8. The third-order valence-corrected chi connectivity index (χ3v) is 2.72. The van der Waals surface area contributed by atoms with Gasteiger partial charge in [-0.3, -0.25) is 14.9 Å². The Balaban J connectivity index is 2.16. The van der Waals surface area contributed by atoms with Gasteiger partial charge >= 0.3 is 6.03 Å². The van der Waals surface area contributed by atoms with Crippen molar-refractivity contribution in [3.63, 3.8) is 0 Å². The minimum Gasteiger partial charge on any atom is -0.356 e. The predicted octanol–water partition coefficient (Wildman–Crippen LogP) is 0.711. The molecule has 0 saturated carbocycles. The molecule has 1 heterocycles. The summed E-state index contributed by atoms with van der Waals surface area (Å²) in [7, 11) is 0. The number of carbonyl (C=O) groups is 2. The first-order chi connectivity index (χ1) is 10.5. The summed E-state index contributed by atoms with van der Waals surface area (Å²) >= 11 is 0. The first-order valence-electron chi connectivity index (χ1n) is 7.20. The molecule has 3 amide bonds. The Morgan fingerprint density at radius 1 is 1.27 bits per heavy atom. The van der Waals surface area contributed by atoms with Gasteiger partial charge in [-0.25, -0.2) is 4.79 Å². The second-order valence-electron chi connectivity index (χ2n) is 4.79. The number of urea groups is 1. The van der Waals surface area contributed by atoms with Gasteiger partial charge in [-0.1, -0.05) is 6.92 Å². The SMILES string of the molecule is [CH2]CCC(=O)NCCCCNC(=O)Nc1nc(=O)cc(C)[nH]1. The van der Waals surface area contributed by atoms with Gasteiger partial charge in [0.2, 0.25) is 11.9 Å².